The highest BCUT2D eigenvalue weighted by molar-refractivity contribution is 7.88. The average molecular weight is 336 g/mol. The first kappa shape index (κ1) is 15.9. The second-order valence-electron chi connectivity index (χ2n) is 5.85. The van der Waals surface area contributed by atoms with E-state index in [0.29, 0.717) is 32.5 Å². The van der Waals surface area contributed by atoms with E-state index in [0.717, 1.165) is 11.3 Å². The molecule has 2 aromatic rings. The molecule has 0 radical (unpaired) electrons. The predicted molar refractivity (Wildman–Crippen MR) is 86.2 cm³/mol. The monoisotopic (exact) mass is 336 g/mol. The molecule has 3 heterocycles. The molecule has 1 N–H and O–H groups in total. The lowest BCUT2D eigenvalue weighted by Gasteiger charge is -2.29. The van der Waals surface area contributed by atoms with E-state index in [9.17, 15) is 13.2 Å². The molecule has 0 saturated carbocycles. The van der Waals surface area contributed by atoms with Crippen molar-refractivity contribution in [1.29, 1.82) is 0 Å². The van der Waals surface area contributed by atoms with Crippen LogP contribution < -0.4 is 5.32 Å². The van der Waals surface area contributed by atoms with Crippen LogP contribution in [0.5, 0.6) is 0 Å². The molecule has 1 aliphatic heterocycles. The number of carbonyl (C=O) groups is 1. The number of amides is 1. The van der Waals surface area contributed by atoms with Crippen molar-refractivity contribution in [2.75, 3.05) is 19.3 Å². The number of hydrogen-bond donors (Lipinski definition) is 1. The molecule has 8 heteroatoms. The molecule has 1 aliphatic rings. The van der Waals surface area contributed by atoms with Crippen LogP contribution in [0.25, 0.3) is 5.65 Å². The fraction of sp³-hybridized carbons (Fsp3) is 0.467. The van der Waals surface area contributed by atoms with E-state index in [4.69, 9.17) is 0 Å². The van der Waals surface area contributed by atoms with Crippen molar-refractivity contribution >= 4 is 21.6 Å². The van der Waals surface area contributed by atoms with Crippen molar-refractivity contribution in [2.45, 2.75) is 19.4 Å². The summed E-state index contributed by atoms with van der Waals surface area (Å²) in [5.41, 5.74) is 1.65. The summed E-state index contributed by atoms with van der Waals surface area (Å²) in [6, 6.07) is 5.75. The van der Waals surface area contributed by atoms with E-state index in [1.165, 1.54) is 10.6 Å². The number of fused-ring (bicyclic) bond motifs is 1. The minimum Gasteiger partial charge on any atom is -0.350 e. The maximum Gasteiger partial charge on any atom is 0.223 e. The van der Waals surface area contributed by atoms with Gasteiger partial charge in [-0.15, -0.1) is 0 Å². The van der Waals surface area contributed by atoms with Gasteiger partial charge < -0.3 is 9.72 Å². The van der Waals surface area contributed by atoms with Crippen LogP contribution >= 0.6 is 0 Å². The Bertz CT molecular complexity index is 774. The van der Waals surface area contributed by atoms with E-state index in [-0.39, 0.29) is 11.8 Å². The van der Waals surface area contributed by atoms with Gasteiger partial charge in [0.2, 0.25) is 15.9 Å². The van der Waals surface area contributed by atoms with Crippen LogP contribution in [0.4, 0.5) is 0 Å². The van der Waals surface area contributed by atoms with Crippen molar-refractivity contribution in [1.82, 2.24) is 19.0 Å². The Morgan fingerprint density at radius 1 is 1.35 bits per heavy atom. The molecule has 124 valence electrons. The summed E-state index contributed by atoms with van der Waals surface area (Å²) in [4.78, 5) is 16.7. The first-order chi connectivity index (χ1) is 10.9. The number of rotatable bonds is 4. The minimum atomic E-state index is -3.16. The molecular formula is C15H20N4O3S. The highest BCUT2D eigenvalue weighted by Crippen LogP contribution is 2.19. The maximum atomic E-state index is 12.2. The van der Waals surface area contributed by atoms with Crippen LogP contribution in [0.1, 0.15) is 18.5 Å². The molecule has 23 heavy (non-hydrogen) atoms. The first-order valence-electron chi connectivity index (χ1n) is 7.59. The second kappa shape index (κ2) is 6.29. The van der Waals surface area contributed by atoms with Gasteiger partial charge in [0.15, 0.2) is 0 Å². The van der Waals surface area contributed by atoms with E-state index in [1.54, 1.807) is 0 Å². The summed E-state index contributed by atoms with van der Waals surface area (Å²) in [5, 5.41) is 2.90. The summed E-state index contributed by atoms with van der Waals surface area (Å²) in [6.45, 7) is 1.20. The van der Waals surface area contributed by atoms with Gasteiger partial charge in [-0.1, -0.05) is 6.07 Å². The number of nitrogens with zero attached hydrogens (tertiary/aromatic N) is 3. The summed E-state index contributed by atoms with van der Waals surface area (Å²) in [5.74, 6) is -0.166. The number of aromatic nitrogens is 2. The lowest BCUT2D eigenvalue weighted by atomic mass is 9.97. The van der Waals surface area contributed by atoms with Crippen molar-refractivity contribution in [2.24, 2.45) is 5.92 Å². The van der Waals surface area contributed by atoms with Gasteiger partial charge in [0.1, 0.15) is 5.65 Å². The number of imidazole rings is 1. The number of hydrogen-bond acceptors (Lipinski definition) is 4. The molecule has 7 nitrogen and oxygen atoms in total. The molecule has 1 fully saturated rings. The fourth-order valence-electron chi connectivity index (χ4n) is 2.84. The third-order valence-corrected chi connectivity index (χ3v) is 5.45. The Hall–Kier alpha value is -1.93. The van der Waals surface area contributed by atoms with Crippen molar-refractivity contribution < 1.29 is 13.2 Å². The lowest BCUT2D eigenvalue weighted by Crippen LogP contribution is -2.42. The van der Waals surface area contributed by atoms with E-state index in [1.807, 2.05) is 35.0 Å². The Morgan fingerprint density at radius 2 is 2.09 bits per heavy atom. The SMILES string of the molecule is CS(=O)(=O)N1CCC(C(=O)NCc2cn3ccccc3n2)CC1. The average Bonchev–Trinajstić information content (AvgIpc) is 2.95. The number of pyridine rings is 1. The molecule has 0 unspecified atom stereocenters. The molecular weight excluding hydrogens is 316 g/mol. The Kier molecular flexibility index (Phi) is 4.36. The Balaban J connectivity index is 1.54. The lowest BCUT2D eigenvalue weighted by molar-refractivity contribution is -0.126. The first-order valence-corrected chi connectivity index (χ1v) is 9.44. The summed E-state index contributed by atoms with van der Waals surface area (Å²) >= 11 is 0. The summed E-state index contributed by atoms with van der Waals surface area (Å²) in [7, 11) is -3.16. The van der Waals surface area contributed by atoms with Gasteiger partial charge in [-0.05, 0) is 25.0 Å². The summed E-state index contributed by atoms with van der Waals surface area (Å²) in [6.07, 6.45) is 6.13. The third-order valence-electron chi connectivity index (χ3n) is 4.15. The number of carbonyl (C=O) groups excluding carboxylic acids is 1. The molecule has 1 saturated heterocycles. The van der Waals surface area contributed by atoms with Gasteiger partial charge in [-0.3, -0.25) is 4.79 Å². The van der Waals surface area contributed by atoms with Crippen molar-refractivity contribution in [3.8, 4) is 0 Å². The van der Waals surface area contributed by atoms with Crippen LogP contribution in [0.3, 0.4) is 0 Å². The standard InChI is InChI=1S/C15H20N4O3S/c1-23(21,22)19-8-5-12(6-9-19)15(20)16-10-13-11-18-7-3-2-4-14(18)17-13/h2-4,7,11-12H,5-6,8-10H2,1H3,(H,16,20). The normalized spacial score (nSPS) is 17.4. The highest BCUT2D eigenvalue weighted by atomic mass is 32.2. The smallest absolute Gasteiger partial charge is 0.223 e. The van der Waals surface area contributed by atoms with Crippen LogP contribution in [0, 0.1) is 5.92 Å². The maximum absolute atomic E-state index is 12.2. The van der Waals surface area contributed by atoms with Gasteiger partial charge in [-0.2, -0.15) is 0 Å². The minimum absolute atomic E-state index is 0.0322. The molecule has 3 rings (SSSR count). The molecule has 1 amide bonds. The highest BCUT2D eigenvalue weighted by Gasteiger charge is 2.28. The van der Waals surface area contributed by atoms with Crippen LogP contribution in [-0.2, 0) is 21.4 Å². The van der Waals surface area contributed by atoms with E-state index < -0.39 is 10.0 Å². The van der Waals surface area contributed by atoms with Crippen LogP contribution in [-0.4, -0.2) is 47.4 Å². The summed E-state index contributed by atoms with van der Waals surface area (Å²) < 4.78 is 26.3. The fourth-order valence-corrected chi connectivity index (χ4v) is 3.72. The van der Waals surface area contributed by atoms with Crippen molar-refractivity contribution in [3.05, 3.63) is 36.3 Å². The van der Waals surface area contributed by atoms with Gasteiger partial charge in [0, 0.05) is 31.4 Å². The third kappa shape index (κ3) is 3.70. The number of sulfonamides is 1. The topological polar surface area (TPSA) is 83.8 Å². The zero-order valence-corrected chi connectivity index (χ0v) is 13.8. The predicted octanol–water partition coefficient (Wildman–Crippen LogP) is 0.622. The van der Waals surface area contributed by atoms with Gasteiger partial charge in [0.25, 0.3) is 0 Å². The molecule has 0 bridgehead atoms. The second-order valence-corrected chi connectivity index (χ2v) is 7.83. The number of piperidine rings is 1. The molecule has 0 spiro atoms. The zero-order chi connectivity index (χ0) is 16.4. The largest absolute Gasteiger partial charge is 0.350 e. The molecule has 2 aromatic heterocycles. The molecule has 0 atom stereocenters. The quantitative estimate of drug-likeness (QED) is 0.887. The van der Waals surface area contributed by atoms with E-state index >= 15 is 0 Å². The van der Waals surface area contributed by atoms with Gasteiger partial charge >= 0.3 is 0 Å². The number of nitrogens with one attached hydrogen (secondary N) is 1. The van der Waals surface area contributed by atoms with Gasteiger partial charge in [0.05, 0.1) is 18.5 Å². The van der Waals surface area contributed by atoms with Crippen LogP contribution in [0.2, 0.25) is 0 Å². The van der Waals surface area contributed by atoms with Crippen molar-refractivity contribution in [3.63, 3.8) is 0 Å². The van der Waals surface area contributed by atoms with Gasteiger partial charge in [-0.25, -0.2) is 17.7 Å². The molecule has 0 aliphatic carbocycles. The van der Waals surface area contributed by atoms with Crippen LogP contribution in [0.15, 0.2) is 30.6 Å². The van der Waals surface area contributed by atoms with E-state index in [2.05, 4.69) is 10.3 Å². The Labute approximate surface area is 135 Å². The Morgan fingerprint density at radius 3 is 2.74 bits per heavy atom. The molecule has 0 aromatic carbocycles. The zero-order valence-electron chi connectivity index (χ0n) is 13.0.